The first-order valence-electron chi connectivity index (χ1n) is 8.58. The molecule has 5 heteroatoms. The summed E-state index contributed by atoms with van der Waals surface area (Å²) in [7, 11) is 1.72. The van der Waals surface area contributed by atoms with E-state index in [4.69, 9.17) is 0 Å². The van der Waals surface area contributed by atoms with Crippen LogP contribution in [-0.4, -0.2) is 31.5 Å². The molecule has 0 saturated heterocycles. The Balaban J connectivity index is 2.29. The number of nitrogens with zero attached hydrogens (tertiary/aromatic N) is 1. The SMILES string of the molecule is CN=C(NCC(=O)NCc1ccccc1)NC(C)CCC(C)(C)C. The normalized spacial score (nSPS) is 13.3. The second-order valence-electron chi connectivity index (χ2n) is 7.33. The van der Waals surface area contributed by atoms with Gasteiger partial charge in [0.2, 0.25) is 5.91 Å². The quantitative estimate of drug-likeness (QED) is 0.531. The summed E-state index contributed by atoms with van der Waals surface area (Å²) < 4.78 is 0. The Hall–Kier alpha value is -2.04. The lowest BCUT2D eigenvalue weighted by molar-refractivity contribution is -0.120. The van der Waals surface area contributed by atoms with E-state index in [9.17, 15) is 4.79 Å². The smallest absolute Gasteiger partial charge is 0.239 e. The highest BCUT2D eigenvalue weighted by molar-refractivity contribution is 5.86. The van der Waals surface area contributed by atoms with Gasteiger partial charge in [-0.3, -0.25) is 9.79 Å². The molecule has 0 spiro atoms. The van der Waals surface area contributed by atoms with Crippen molar-refractivity contribution in [2.75, 3.05) is 13.6 Å². The fraction of sp³-hybridized carbons (Fsp3) is 0.579. The summed E-state index contributed by atoms with van der Waals surface area (Å²) >= 11 is 0. The maximum absolute atomic E-state index is 11.9. The molecule has 1 aromatic carbocycles. The van der Waals surface area contributed by atoms with E-state index in [0.29, 0.717) is 24.0 Å². The third-order valence-electron chi connectivity index (χ3n) is 3.68. The van der Waals surface area contributed by atoms with E-state index in [1.54, 1.807) is 7.05 Å². The number of nitrogens with one attached hydrogen (secondary N) is 3. The minimum atomic E-state index is -0.0517. The van der Waals surface area contributed by atoms with Crippen molar-refractivity contribution in [1.29, 1.82) is 0 Å². The molecule has 0 fully saturated rings. The van der Waals surface area contributed by atoms with Crippen molar-refractivity contribution in [3.05, 3.63) is 35.9 Å². The number of benzene rings is 1. The molecule has 0 aliphatic heterocycles. The van der Waals surface area contributed by atoms with E-state index in [2.05, 4.69) is 48.6 Å². The third kappa shape index (κ3) is 9.18. The van der Waals surface area contributed by atoms with Crippen molar-refractivity contribution in [1.82, 2.24) is 16.0 Å². The van der Waals surface area contributed by atoms with Crippen LogP contribution < -0.4 is 16.0 Å². The number of carbonyl (C=O) groups is 1. The molecule has 1 unspecified atom stereocenters. The highest BCUT2D eigenvalue weighted by Gasteiger charge is 2.13. The number of amides is 1. The Morgan fingerprint density at radius 3 is 2.42 bits per heavy atom. The molecule has 0 aliphatic carbocycles. The minimum Gasteiger partial charge on any atom is -0.354 e. The molecule has 3 N–H and O–H groups in total. The molecule has 0 aliphatic rings. The van der Waals surface area contributed by atoms with E-state index in [-0.39, 0.29) is 12.5 Å². The Bertz CT molecular complexity index is 520. The van der Waals surface area contributed by atoms with Gasteiger partial charge in [0.25, 0.3) is 0 Å². The van der Waals surface area contributed by atoms with Crippen molar-refractivity contribution in [3.63, 3.8) is 0 Å². The summed E-state index contributed by atoms with van der Waals surface area (Å²) in [6, 6.07) is 10.2. The Labute approximate surface area is 146 Å². The molecule has 24 heavy (non-hydrogen) atoms. The molecule has 1 aromatic rings. The van der Waals surface area contributed by atoms with Crippen LogP contribution in [0.1, 0.15) is 46.1 Å². The summed E-state index contributed by atoms with van der Waals surface area (Å²) in [5.41, 5.74) is 1.41. The molecule has 1 rings (SSSR count). The Morgan fingerprint density at radius 2 is 1.83 bits per heavy atom. The zero-order valence-corrected chi connectivity index (χ0v) is 15.6. The fourth-order valence-electron chi connectivity index (χ4n) is 2.17. The van der Waals surface area contributed by atoms with Gasteiger partial charge in [0.05, 0.1) is 6.54 Å². The van der Waals surface area contributed by atoms with E-state index < -0.39 is 0 Å². The summed E-state index contributed by atoms with van der Waals surface area (Å²) in [6.07, 6.45) is 2.19. The zero-order valence-electron chi connectivity index (χ0n) is 15.6. The van der Waals surface area contributed by atoms with E-state index in [1.165, 1.54) is 0 Å². The second kappa shape index (κ2) is 9.96. The topological polar surface area (TPSA) is 65.5 Å². The van der Waals surface area contributed by atoms with Gasteiger partial charge in [0.1, 0.15) is 0 Å². The first kappa shape index (κ1) is 20.0. The lowest BCUT2D eigenvalue weighted by Crippen LogP contribution is -2.46. The van der Waals surface area contributed by atoms with Gasteiger partial charge in [-0.25, -0.2) is 0 Å². The van der Waals surface area contributed by atoms with Crippen LogP contribution in [0.4, 0.5) is 0 Å². The fourth-order valence-corrected chi connectivity index (χ4v) is 2.17. The zero-order chi connectivity index (χ0) is 18.0. The Morgan fingerprint density at radius 1 is 1.17 bits per heavy atom. The van der Waals surface area contributed by atoms with Crippen molar-refractivity contribution in [3.8, 4) is 0 Å². The van der Waals surface area contributed by atoms with E-state index >= 15 is 0 Å². The lowest BCUT2D eigenvalue weighted by Gasteiger charge is -2.23. The summed E-state index contributed by atoms with van der Waals surface area (Å²) in [5, 5.41) is 9.28. The van der Waals surface area contributed by atoms with Crippen LogP contribution in [0, 0.1) is 5.41 Å². The van der Waals surface area contributed by atoms with Crippen LogP contribution in [0.15, 0.2) is 35.3 Å². The van der Waals surface area contributed by atoms with Gasteiger partial charge in [-0.2, -0.15) is 0 Å². The van der Waals surface area contributed by atoms with Gasteiger partial charge in [0.15, 0.2) is 5.96 Å². The van der Waals surface area contributed by atoms with Gasteiger partial charge in [-0.05, 0) is 30.7 Å². The van der Waals surface area contributed by atoms with Crippen molar-refractivity contribution in [2.24, 2.45) is 10.4 Å². The number of guanidine groups is 1. The van der Waals surface area contributed by atoms with Crippen LogP contribution in [0.3, 0.4) is 0 Å². The average molecular weight is 332 g/mol. The van der Waals surface area contributed by atoms with Crippen LogP contribution in [0.25, 0.3) is 0 Å². The van der Waals surface area contributed by atoms with Crippen LogP contribution in [0.5, 0.6) is 0 Å². The van der Waals surface area contributed by atoms with Crippen molar-refractivity contribution in [2.45, 2.75) is 53.1 Å². The van der Waals surface area contributed by atoms with Gasteiger partial charge in [-0.1, -0.05) is 51.1 Å². The average Bonchev–Trinajstić information content (AvgIpc) is 2.55. The molecule has 0 radical (unpaired) electrons. The highest BCUT2D eigenvalue weighted by atomic mass is 16.1. The molecular formula is C19H32N4O. The lowest BCUT2D eigenvalue weighted by atomic mass is 9.89. The molecular weight excluding hydrogens is 300 g/mol. The molecule has 0 bridgehead atoms. The van der Waals surface area contributed by atoms with Gasteiger partial charge < -0.3 is 16.0 Å². The second-order valence-corrected chi connectivity index (χ2v) is 7.33. The maximum Gasteiger partial charge on any atom is 0.239 e. The maximum atomic E-state index is 11.9. The molecule has 1 amide bonds. The molecule has 1 atom stereocenters. The predicted octanol–water partition coefficient (Wildman–Crippen LogP) is 2.68. The number of aliphatic imine (C=N–C) groups is 1. The van der Waals surface area contributed by atoms with Crippen LogP contribution >= 0.6 is 0 Å². The Kier molecular flexibility index (Phi) is 8.30. The monoisotopic (exact) mass is 332 g/mol. The summed E-state index contributed by atoms with van der Waals surface area (Å²) in [4.78, 5) is 16.1. The third-order valence-corrected chi connectivity index (χ3v) is 3.68. The van der Waals surface area contributed by atoms with Gasteiger partial charge in [-0.15, -0.1) is 0 Å². The van der Waals surface area contributed by atoms with Crippen molar-refractivity contribution < 1.29 is 4.79 Å². The standard InChI is InChI=1S/C19H32N4O/c1-15(11-12-19(2,3)4)23-18(20-5)22-14-17(24)21-13-16-9-7-6-8-10-16/h6-10,15H,11-14H2,1-5H3,(H,21,24)(H2,20,22,23). The summed E-state index contributed by atoms with van der Waals surface area (Å²) in [5.74, 6) is 0.607. The number of carbonyl (C=O) groups excluding carboxylic acids is 1. The minimum absolute atomic E-state index is 0.0517. The van der Waals surface area contributed by atoms with Crippen LogP contribution in [-0.2, 0) is 11.3 Å². The molecule has 0 aromatic heterocycles. The first-order chi connectivity index (χ1) is 11.3. The van der Waals surface area contributed by atoms with E-state index in [0.717, 1.165) is 18.4 Å². The van der Waals surface area contributed by atoms with Gasteiger partial charge in [0, 0.05) is 19.6 Å². The highest BCUT2D eigenvalue weighted by Crippen LogP contribution is 2.21. The molecule has 0 saturated carbocycles. The number of hydrogen-bond acceptors (Lipinski definition) is 2. The molecule has 134 valence electrons. The summed E-state index contributed by atoms with van der Waals surface area (Å²) in [6.45, 7) is 9.60. The van der Waals surface area contributed by atoms with E-state index in [1.807, 2.05) is 30.3 Å². The largest absolute Gasteiger partial charge is 0.354 e. The van der Waals surface area contributed by atoms with Crippen molar-refractivity contribution >= 4 is 11.9 Å². The predicted molar refractivity (Wildman–Crippen MR) is 101 cm³/mol. The first-order valence-corrected chi connectivity index (χ1v) is 8.58. The molecule has 5 nitrogen and oxygen atoms in total. The molecule has 0 heterocycles. The number of rotatable bonds is 7. The number of hydrogen-bond donors (Lipinski definition) is 3. The van der Waals surface area contributed by atoms with Crippen LogP contribution in [0.2, 0.25) is 0 Å². The van der Waals surface area contributed by atoms with Gasteiger partial charge >= 0.3 is 0 Å².